The number of nitrogens with two attached hydrogens (primary N) is 1. The Hall–Kier alpha value is -2.12. The Bertz CT molecular complexity index is 828. The maximum Gasteiger partial charge on any atom is 0.237 e. The van der Waals surface area contributed by atoms with E-state index >= 15 is 0 Å². The van der Waals surface area contributed by atoms with Crippen LogP contribution < -0.4 is 11.1 Å². The van der Waals surface area contributed by atoms with Gasteiger partial charge in [-0.05, 0) is 17.9 Å². The van der Waals surface area contributed by atoms with E-state index in [1.54, 1.807) is 0 Å². The first-order valence-corrected chi connectivity index (χ1v) is 8.91. The van der Waals surface area contributed by atoms with Gasteiger partial charge in [0, 0.05) is 11.1 Å². The van der Waals surface area contributed by atoms with Crippen LogP contribution in [0.5, 0.6) is 0 Å². The summed E-state index contributed by atoms with van der Waals surface area (Å²) in [6.07, 6.45) is 0.695. The number of nitrogens with one attached hydrogen (secondary N) is 1. The predicted octanol–water partition coefficient (Wildman–Crippen LogP) is 3.78. The molecule has 0 aliphatic carbocycles. The molecule has 0 spiro atoms. The summed E-state index contributed by atoms with van der Waals surface area (Å²) >= 11 is 2.69. The molecule has 5 nitrogen and oxygen atoms in total. The summed E-state index contributed by atoms with van der Waals surface area (Å²) in [4.78, 5) is 12.6. The molecular formula is C16H16N4OS2. The lowest BCUT2D eigenvalue weighted by Gasteiger charge is -2.14. The fraction of sp³-hybridized carbons (Fsp3) is 0.188. The Labute approximate surface area is 142 Å². The van der Waals surface area contributed by atoms with E-state index in [1.165, 1.54) is 23.1 Å². The number of benzene rings is 2. The molecule has 0 fully saturated rings. The Morgan fingerprint density at radius 2 is 2.04 bits per heavy atom. The molecule has 3 N–H and O–H groups in total. The van der Waals surface area contributed by atoms with E-state index in [-0.39, 0.29) is 11.2 Å². The average molecular weight is 344 g/mol. The lowest BCUT2D eigenvalue weighted by Crippen LogP contribution is -2.24. The third-order valence-electron chi connectivity index (χ3n) is 3.38. The Balaban J connectivity index is 1.78. The van der Waals surface area contributed by atoms with Gasteiger partial charge in [-0.25, -0.2) is 0 Å². The first-order chi connectivity index (χ1) is 11.2. The third kappa shape index (κ3) is 3.62. The Morgan fingerprint density at radius 1 is 1.26 bits per heavy atom. The van der Waals surface area contributed by atoms with Gasteiger partial charge in [0.05, 0.1) is 5.25 Å². The first kappa shape index (κ1) is 15.8. The van der Waals surface area contributed by atoms with Gasteiger partial charge in [0.2, 0.25) is 11.0 Å². The van der Waals surface area contributed by atoms with E-state index in [0.717, 1.165) is 16.5 Å². The van der Waals surface area contributed by atoms with Crippen LogP contribution >= 0.6 is 23.1 Å². The van der Waals surface area contributed by atoms with Gasteiger partial charge in [-0.1, -0.05) is 66.4 Å². The van der Waals surface area contributed by atoms with Crippen molar-refractivity contribution in [2.24, 2.45) is 0 Å². The number of carbonyl (C=O) groups is 1. The highest BCUT2D eigenvalue weighted by atomic mass is 32.2. The van der Waals surface area contributed by atoms with Crippen molar-refractivity contribution in [3.05, 3.63) is 42.5 Å². The van der Waals surface area contributed by atoms with Gasteiger partial charge < -0.3 is 11.1 Å². The van der Waals surface area contributed by atoms with Crippen LogP contribution in [0.25, 0.3) is 10.8 Å². The third-order valence-corrected chi connectivity index (χ3v) is 5.58. The van der Waals surface area contributed by atoms with Crippen LogP contribution in [0.2, 0.25) is 0 Å². The van der Waals surface area contributed by atoms with Crippen molar-refractivity contribution >= 4 is 50.6 Å². The molecule has 0 bridgehead atoms. The van der Waals surface area contributed by atoms with Crippen LogP contribution in [0.1, 0.15) is 13.3 Å². The summed E-state index contributed by atoms with van der Waals surface area (Å²) in [5.41, 5.74) is 6.41. The van der Waals surface area contributed by atoms with Crippen molar-refractivity contribution in [2.45, 2.75) is 22.9 Å². The van der Waals surface area contributed by atoms with Crippen LogP contribution in [0.4, 0.5) is 10.8 Å². The molecule has 1 unspecified atom stereocenters. The SMILES string of the molecule is CCC(Sc1nnc(N)s1)C(=O)Nc1cccc2ccccc12. The number of hydrogen-bond donors (Lipinski definition) is 2. The predicted molar refractivity (Wildman–Crippen MR) is 96.8 cm³/mol. The van der Waals surface area contributed by atoms with Crippen LogP contribution in [0.3, 0.4) is 0 Å². The molecule has 0 radical (unpaired) electrons. The fourth-order valence-corrected chi connectivity index (χ4v) is 4.06. The molecule has 7 heteroatoms. The van der Waals surface area contributed by atoms with Gasteiger partial charge >= 0.3 is 0 Å². The van der Waals surface area contributed by atoms with Crippen LogP contribution in [-0.4, -0.2) is 21.4 Å². The van der Waals surface area contributed by atoms with Gasteiger partial charge in [-0.3, -0.25) is 4.79 Å². The molecule has 2 aromatic carbocycles. The topological polar surface area (TPSA) is 80.9 Å². The zero-order chi connectivity index (χ0) is 16.2. The summed E-state index contributed by atoms with van der Waals surface area (Å²) in [6.45, 7) is 1.98. The van der Waals surface area contributed by atoms with E-state index in [1.807, 2.05) is 49.4 Å². The van der Waals surface area contributed by atoms with E-state index in [9.17, 15) is 4.79 Å². The lowest BCUT2D eigenvalue weighted by atomic mass is 10.1. The molecule has 0 aliphatic rings. The summed E-state index contributed by atoms with van der Waals surface area (Å²) in [5, 5.41) is 13.1. The van der Waals surface area contributed by atoms with Crippen molar-refractivity contribution in [3.63, 3.8) is 0 Å². The number of amides is 1. The van der Waals surface area contributed by atoms with Crippen molar-refractivity contribution < 1.29 is 4.79 Å². The van der Waals surface area contributed by atoms with E-state index in [0.29, 0.717) is 15.9 Å². The molecule has 118 valence electrons. The summed E-state index contributed by atoms with van der Waals surface area (Å²) in [7, 11) is 0. The highest BCUT2D eigenvalue weighted by Gasteiger charge is 2.20. The maximum atomic E-state index is 12.6. The summed E-state index contributed by atoms with van der Waals surface area (Å²) in [5.74, 6) is -0.0392. The lowest BCUT2D eigenvalue weighted by molar-refractivity contribution is -0.115. The van der Waals surface area contributed by atoms with Crippen LogP contribution in [0, 0.1) is 0 Å². The van der Waals surface area contributed by atoms with Crippen molar-refractivity contribution in [3.8, 4) is 0 Å². The quantitative estimate of drug-likeness (QED) is 0.688. The molecule has 0 saturated carbocycles. The average Bonchev–Trinajstić information content (AvgIpc) is 2.98. The van der Waals surface area contributed by atoms with Gasteiger partial charge in [-0.15, -0.1) is 10.2 Å². The van der Waals surface area contributed by atoms with Crippen LogP contribution in [0.15, 0.2) is 46.8 Å². The van der Waals surface area contributed by atoms with E-state index in [4.69, 9.17) is 5.73 Å². The van der Waals surface area contributed by atoms with Crippen molar-refractivity contribution in [1.29, 1.82) is 0 Å². The van der Waals surface area contributed by atoms with Crippen molar-refractivity contribution in [1.82, 2.24) is 10.2 Å². The molecular weight excluding hydrogens is 328 g/mol. The highest BCUT2D eigenvalue weighted by Crippen LogP contribution is 2.30. The second kappa shape index (κ2) is 6.97. The highest BCUT2D eigenvalue weighted by molar-refractivity contribution is 8.02. The minimum absolute atomic E-state index is 0.0392. The molecule has 0 saturated heterocycles. The molecule has 23 heavy (non-hydrogen) atoms. The molecule has 3 aromatic rings. The van der Waals surface area contributed by atoms with Crippen molar-refractivity contribution in [2.75, 3.05) is 11.1 Å². The number of anilines is 2. The first-order valence-electron chi connectivity index (χ1n) is 7.21. The standard InChI is InChI=1S/C16H16N4OS2/c1-2-13(22-16-20-19-15(17)23-16)14(21)18-12-9-5-7-10-6-3-4-8-11(10)12/h3-9,13H,2H2,1H3,(H2,17,19)(H,18,21). The Kier molecular flexibility index (Phi) is 4.78. The number of hydrogen-bond acceptors (Lipinski definition) is 6. The maximum absolute atomic E-state index is 12.6. The second-order valence-corrected chi connectivity index (χ2v) is 7.40. The van der Waals surface area contributed by atoms with E-state index in [2.05, 4.69) is 15.5 Å². The zero-order valence-corrected chi connectivity index (χ0v) is 14.2. The molecule has 1 amide bonds. The summed E-state index contributed by atoms with van der Waals surface area (Å²) in [6, 6.07) is 13.9. The number of fused-ring (bicyclic) bond motifs is 1. The number of thioether (sulfide) groups is 1. The zero-order valence-electron chi connectivity index (χ0n) is 12.5. The molecule has 1 heterocycles. The molecule has 1 atom stereocenters. The number of nitrogen functional groups attached to an aromatic ring is 1. The number of nitrogens with zero attached hydrogens (tertiary/aromatic N) is 2. The molecule has 0 aliphatic heterocycles. The van der Waals surface area contributed by atoms with Gasteiger partial charge in [0.25, 0.3) is 0 Å². The largest absolute Gasteiger partial charge is 0.374 e. The summed E-state index contributed by atoms with van der Waals surface area (Å²) < 4.78 is 0.711. The normalized spacial score (nSPS) is 12.2. The smallest absolute Gasteiger partial charge is 0.237 e. The van der Waals surface area contributed by atoms with Gasteiger partial charge in [0.15, 0.2) is 4.34 Å². The molecule has 3 rings (SSSR count). The number of rotatable bonds is 5. The number of aromatic nitrogens is 2. The van der Waals surface area contributed by atoms with Gasteiger partial charge in [0.1, 0.15) is 0 Å². The van der Waals surface area contributed by atoms with E-state index < -0.39 is 0 Å². The Morgan fingerprint density at radius 3 is 2.78 bits per heavy atom. The van der Waals surface area contributed by atoms with Crippen LogP contribution in [-0.2, 0) is 4.79 Å². The molecule has 1 aromatic heterocycles. The fourth-order valence-electron chi connectivity index (χ4n) is 2.26. The van der Waals surface area contributed by atoms with Gasteiger partial charge in [-0.2, -0.15) is 0 Å². The minimum Gasteiger partial charge on any atom is -0.374 e. The number of carbonyl (C=O) groups excluding carboxylic acids is 1. The monoisotopic (exact) mass is 344 g/mol. The second-order valence-electron chi connectivity index (χ2n) is 4.94. The minimum atomic E-state index is -0.235.